The van der Waals surface area contributed by atoms with Crippen LogP contribution < -0.4 is 4.90 Å². The number of aromatic nitrogens is 3. The topological polar surface area (TPSA) is 94.7 Å². The molecule has 0 bridgehead atoms. The van der Waals surface area contributed by atoms with E-state index < -0.39 is 0 Å². The van der Waals surface area contributed by atoms with Gasteiger partial charge in [0, 0.05) is 58.1 Å². The van der Waals surface area contributed by atoms with Crippen molar-refractivity contribution in [2.75, 3.05) is 58.4 Å². The van der Waals surface area contributed by atoms with Crippen molar-refractivity contribution >= 4 is 17.5 Å². The van der Waals surface area contributed by atoms with Crippen LogP contribution >= 0.6 is 0 Å². The first-order chi connectivity index (χ1) is 14.5. The van der Waals surface area contributed by atoms with Gasteiger partial charge >= 0.3 is 0 Å². The number of likely N-dealkylation sites (tertiary alicyclic amines) is 1. The van der Waals surface area contributed by atoms with Gasteiger partial charge in [0.15, 0.2) is 0 Å². The van der Waals surface area contributed by atoms with Crippen molar-refractivity contribution in [3.05, 3.63) is 41.5 Å². The fraction of sp³-hybridized carbons (Fsp3) is 0.524. The molecule has 0 aromatic carbocycles. The summed E-state index contributed by atoms with van der Waals surface area (Å²) in [6.07, 6.45) is 5.04. The highest BCUT2D eigenvalue weighted by Crippen LogP contribution is 2.29. The van der Waals surface area contributed by atoms with Crippen LogP contribution in [0.25, 0.3) is 0 Å². The third-order valence-electron chi connectivity index (χ3n) is 5.79. The molecule has 2 aliphatic heterocycles. The van der Waals surface area contributed by atoms with Crippen LogP contribution in [-0.4, -0.2) is 90.3 Å². The summed E-state index contributed by atoms with van der Waals surface area (Å²) < 4.78 is 5.35. The lowest BCUT2D eigenvalue weighted by Crippen LogP contribution is -2.42. The number of aromatic amines is 1. The first-order valence-corrected chi connectivity index (χ1v) is 10.4. The Labute approximate surface area is 176 Å². The molecule has 160 valence electrons. The fourth-order valence-corrected chi connectivity index (χ4v) is 4.09. The Kier molecular flexibility index (Phi) is 5.98. The van der Waals surface area contributed by atoms with E-state index in [-0.39, 0.29) is 17.7 Å². The number of morpholine rings is 1. The average Bonchev–Trinajstić information content (AvgIpc) is 3.29. The Balaban J connectivity index is 1.50. The lowest BCUT2D eigenvalue weighted by atomic mass is 9.92. The number of pyridine rings is 1. The van der Waals surface area contributed by atoms with Gasteiger partial charge in [-0.3, -0.25) is 19.7 Å². The monoisotopic (exact) mass is 412 g/mol. The second-order valence-corrected chi connectivity index (χ2v) is 7.99. The summed E-state index contributed by atoms with van der Waals surface area (Å²) in [5.74, 6) is -0.0583. The number of carbonyl (C=O) groups is 2. The van der Waals surface area contributed by atoms with Crippen molar-refractivity contribution in [1.82, 2.24) is 25.0 Å². The minimum Gasteiger partial charge on any atom is -0.378 e. The highest BCUT2D eigenvalue weighted by Gasteiger charge is 2.31. The Morgan fingerprint density at radius 1 is 1.17 bits per heavy atom. The van der Waals surface area contributed by atoms with E-state index in [1.165, 1.54) is 0 Å². The van der Waals surface area contributed by atoms with Crippen LogP contribution in [0.4, 0.5) is 5.69 Å². The first-order valence-electron chi connectivity index (χ1n) is 10.4. The zero-order chi connectivity index (χ0) is 21.1. The highest BCUT2D eigenvalue weighted by atomic mass is 16.5. The molecule has 0 spiro atoms. The molecule has 2 amide bonds. The molecule has 2 aromatic heterocycles. The van der Waals surface area contributed by atoms with Crippen LogP contribution in [-0.2, 0) is 4.74 Å². The number of piperidine rings is 1. The molecule has 9 nitrogen and oxygen atoms in total. The van der Waals surface area contributed by atoms with Crippen LogP contribution in [0.3, 0.4) is 0 Å². The number of hydrogen-bond donors (Lipinski definition) is 1. The quantitative estimate of drug-likeness (QED) is 0.815. The summed E-state index contributed by atoms with van der Waals surface area (Å²) in [6.45, 7) is 3.52. The molecule has 2 fully saturated rings. The molecular weight excluding hydrogens is 384 g/mol. The number of nitrogens with zero attached hydrogens (tertiary/aromatic N) is 5. The van der Waals surface area contributed by atoms with Gasteiger partial charge in [0.25, 0.3) is 11.8 Å². The van der Waals surface area contributed by atoms with Gasteiger partial charge in [-0.05, 0) is 25.0 Å². The molecular formula is C21H28N6O3. The average molecular weight is 412 g/mol. The van der Waals surface area contributed by atoms with Crippen LogP contribution in [0.15, 0.2) is 24.5 Å². The van der Waals surface area contributed by atoms with Gasteiger partial charge in [-0.15, -0.1) is 0 Å². The second kappa shape index (κ2) is 8.83. The van der Waals surface area contributed by atoms with E-state index in [1.54, 1.807) is 17.3 Å². The largest absolute Gasteiger partial charge is 0.378 e. The fourth-order valence-electron chi connectivity index (χ4n) is 4.09. The van der Waals surface area contributed by atoms with Crippen LogP contribution in [0, 0.1) is 0 Å². The molecule has 2 aromatic rings. The summed E-state index contributed by atoms with van der Waals surface area (Å²) in [5, 5.41) is 7.18. The van der Waals surface area contributed by atoms with Crippen molar-refractivity contribution in [1.29, 1.82) is 0 Å². The molecule has 1 N–H and O–H groups in total. The Bertz CT molecular complexity index is 906. The number of nitrogens with one attached hydrogen (secondary N) is 1. The number of carbonyl (C=O) groups excluding carboxylic acids is 2. The van der Waals surface area contributed by atoms with Crippen molar-refractivity contribution in [3.63, 3.8) is 0 Å². The molecule has 9 heteroatoms. The third kappa shape index (κ3) is 4.16. The van der Waals surface area contributed by atoms with Gasteiger partial charge in [0.1, 0.15) is 5.69 Å². The van der Waals surface area contributed by atoms with E-state index in [4.69, 9.17) is 4.74 Å². The number of hydrogen-bond acceptors (Lipinski definition) is 6. The van der Waals surface area contributed by atoms with Gasteiger partial charge in [0.2, 0.25) is 0 Å². The molecule has 0 radical (unpaired) electrons. The van der Waals surface area contributed by atoms with E-state index in [0.717, 1.165) is 24.2 Å². The maximum absolute atomic E-state index is 13.1. The molecule has 1 unspecified atom stereocenters. The molecule has 0 aliphatic carbocycles. The zero-order valence-electron chi connectivity index (χ0n) is 17.5. The summed E-state index contributed by atoms with van der Waals surface area (Å²) in [6, 6.07) is 3.69. The summed E-state index contributed by atoms with van der Waals surface area (Å²) in [4.78, 5) is 35.9. The van der Waals surface area contributed by atoms with Gasteiger partial charge in [-0.1, -0.05) is 0 Å². The summed E-state index contributed by atoms with van der Waals surface area (Å²) in [7, 11) is 3.87. The Hall–Kier alpha value is -2.94. The lowest BCUT2D eigenvalue weighted by molar-refractivity contribution is 0.0301. The third-order valence-corrected chi connectivity index (χ3v) is 5.79. The normalized spacial score (nSPS) is 19.6. The lowest BCUT2D eigenvalue weighted by Gasteiger charge is -2.33. The Morgan fingerprint density at radius 2 is 1.97 bits per heavy atom. The van der Waals surface area contributed by atoms with E-state index in [2.05, 4.69) is 15.2 Å². The maximum atomic E-state index is 13.1. The van der Waals surface area contributed by atoms with Crippen LogP contribution in [0.1, 0.15) is 45.3 Å². The van der Waals surface area contributed by atoms with E-state index in [0.29, 0.717) is 50.7 Å². The standard InChI is InChI=1S/C21H28N6O3/c1-25(2)16-5-6-22-18(12-16)21(29)27-7-3-4-15(14-27)19-17(13-23-24-19)20(28)26-8-10-30-11-9-26/h5-6,12-13,15H,3-4,7-11,14H2,1-2H3,(H,23,24). The molecule has 1 atom stereocenters. The van der Waals surface area contributed by atoms with Crippen molar-refractivity contribution in [2.45, 2.75) is 18.8 Å². The number of anilines is 1. The highest BCUT2D eigenvalue weighted by molar-refractivity contribution is 5.95. The smallest absolute Gasteiger partial charge is 0.272 e. The van der Waals surface area contributed by atoms with Crippen LogP contribution in [0.2, 0.25) is 0 Å². The molecule has 30 heavy (non-hydrogen) atoms. The van der Waals surface area contributed by atoms with E-state index in [1.807, 2.05) is 36.0 Å². The second-order valence-electron chi connectivity index (χ2n) is 7.99. The van der Waals surface area contributed by atoms with Crippen molar-refractivity contribution in [3.8, 4) is 0 Å². The summed E-state index contributed by atoms with van der Waals surface area (Å²) >= 11 is 0. The SMILES string of the molecule is CN(C)c1ccnc(C(=O)N2CCCC(c3[nH]ncc3C(=O)N3CCOCC3)C2)c1. The molecule has 2 aliphatic rings. The van der Waals surface area contributed by atoms with E-state index >= 15 is 0 Å². The Morgan fingerprint density at radius 3 is 2.73 bits per heavy atom. The van der Waals surface area contributed by atoms with Crippen molar-refractivity contribution in [2.24, 2.45) is 0 Å². The van der Waals surface area contributed by atoms with Crippen molar-refractivity contribution < 1.29 is 14.3 Å². The molecule has 4 heterocycles. The number of H-pyrrole nitrogens is 1. The number of rotatable bonds is 4. The van der Waals surface area contributed by atoms with Crippen LogP contribution in [0.5, 0.6) is 0 Å². The first kappa shape index (κ1) is 20.3. The molecule has 2 saturated heterocycles. The van der Waals surface area contributed by atoms with E-state index in [9.17, 15) is 9.59 Å². The number of ether oxygens (including phenoxy) is 1. The van der Waals surface area contributed by atoms with Gasteiger partial charge in [-0.2, -0.15) is 5.10 Å². The maximum Gasteiger partial charge on any atom is 0.272 e. The van der Waals surface area contributed by atoms with Gasteiger partial charge in [-0.25, -0.2) is 0 Å². The zero-order valence-corrected chi connectivity index (χ0v) is 17.5. The number of amides is 2. The minimum atomic E-state index is -0.0797. The van der Waals surface area contributed by atoms with Gasteiger partial charge < -0.3 is 19.4 Å². The predicted molar refractivity (Wildman–Crippen MR) is 112 cm³/mol. The summed E-state index contributed by atoms with van der Waals surface area (Å²) in [5.41, 5.74) is 2.80. The molecule has 4 rings (SSSR count). The predicted octanol–water partition coefficient (Wildman–Crippen LogP) is 1.36. The minimum absolute atomic E-state index is 0.0224. The van der Waals surface area contributed by atoms with Gasteiger partial charge in [0.05, 0.1) is 30.7 Å². The molecule has 0 saturated carbocycles.